The Balaban J connectivity index is 2.18. The summed E-state index contributed by atoms with van der Waals surface area (Å²) in [5.41, 5.74) is -1.46. The maximum absolute atomic E-state index is 12.9. The largest absolute Gasteiger partial charge is 0.349 e. The molecule has 0 amide bonds. The van der Waals surface area contributed by atoms with Gasteiger partial charge < -0.3 is 9.47 Å². The van der Waals surface area contributed by atoms with Crippen LogP contribution in [0.3, 0.4) is 0 Å². The molecule has 0 bridgehead atoms. The lowest BCUT2D eigenvalue weighted by molar-refractivity contribution is -0.152. The molecule has 0 spiro atoms. The van der Waals surface area contributed by atoms with E-state index in [4.69, 9.17) is 9.47 Å². The lowest BCUT2D eigenvalue weighted by Gasteiger charge is -2.39. The van der Waals surface area contributed by atoms with Crippen LogP contribution in [-0.4, -0.2) is 31.1 Å². The van der Waals surface area contributed by atoms with Crippen molar-refractivity contribution in [1.82, 2.24) is 0 Å². The van der Waals surface area contributed by atoms with Crippen LogP contribution in [0, 0.1) is 16.7 Å². The van der Waals surface area contributed by atoms with Crippen molar-refractivity contribution in [1.29, 1.82) is 0 Å². The first-order valence-corrected chi connectivity index (χ1v) is 7.78. The molecule has 4 heteroatoms. The topological polar surface area (TPSA) is 52.6 Å². The second-order valence-corrected chi connectivity index (χ2v) is 6.80. The van der Waals surface area contributed by atoms with E-state index in [0.717, 1.165) is 12.8 Å². The molecule has 1 aliphatic heterocycles. The Labute approximate surface area is 126 Å². The van der Waals surface area contributed by atoms with Crippen LogP contribution in [0.4, 0.5) is 0 Å². The van der Waals surface area contributed by atoms with Crippen LogP contribution in [0.25, 0.3) is 0 Å². The Bertz CT molecular complexity index is 438. The van der Waals surface area contributed by atoms with Crippen LogP contribution in [-0.2, 0) is 19.1 Å². The van der Waals surface area contributed by atoms with Crippen molar-refractivity contribution in [2.75, 3.05) is 13.2 Å². The van der Waals surface area contributed by atoms with Gasteiger partial charge in [-0.3, -0.25) is 9.59 Å². The number of rotatable bonds is 5. The number of carbonyl (C=O) groups excluding carboxylic acids is 2. The van der Waals surface area contributed by atoms with Crippen LogP contribution in [0.1, 0.15) is 46.5 Å². The summed E-state index contributed by atoms with van der Waals surface area (Å²) in [6.07, 6.45) is 3.83. The average Bonchev–Trinajstić information content (AvgIpc) is 2.99. The van der Waals surface area contributed by atoms with Gasteiger partial charge in [-0.25, -0.2) is 0 Å². The third-order valence-electron chi connectivity index (χ3n) is 5.35. The lowest BCUT2D eigenvalue weighted by Crippen LogP contribution is -2.47. The molecule has 0 radical (unpaired) electrons. The third-order valence-corrected chi connectivity index (χ3v) is 5.35. The van der Waals surface area contributed by atoms with Crippen LogP contribution in [0.15, 0.2) is 12.7 Å². The highest BCUT2D eigenvalue weighted by Crippen LogP contribution is 2.43. The maximum Gasteiger partial charge on any atom is 0.166 e. The SMILES string of the molecule is C=C[C@](C)(CC(=O)[C@@]1(C)C(=O)CCC[C@H]1C)C1OCCO1. The zero-order chi connectivity index (χ0) is 15.7. The van der Waals surface area contributed by atoms with Crippen LogP contribution >= 0.6 is 0 Å². The van der Waals surface area contributed by atoms with Gasteiger partial charge >= 0.3 is 0 Å². The molecule has 4 nitrogen and oxygen atoms in total. The van der Waals surface area contributed by atoms with Crippen molar-refractivity contribution < 1.29 is 19.1 Å². The molecule has 3 atom stereocenters. The van der Waals surface area contributed by atoms with E-state index in [1.807, 2.05) is 13.8 Å². The first-order valence-electron chi connectivity index (χ1n) is 7.78. The minimum atomic E-state index is -0.874. The first-order chi connectivity index (χ1) is 9.84. The van der Waals surface area contributed by atoms with Gasteiger partial charge in [0, 0.05) is 18.3 Å². The Morgan fingerprint density at radius 3 is 2.62 bits per heavy atom. The van der Waals surface area contributed by atoms with E-state index in [9.17, 15) is 9.59 Å². The van der Waals surface area contributed by atoms with Crippen molar-refractivity contribution in [3.63, 3.8) is 0 Å². The number of Topliss-reactive ketones (excluding diaryl/α,β-unsaturated/α-hetero) is 2. The number of hydrogen-bond acceptors (Lipinski definition) is 4. The number of hydrogen-bond donors (Lipinski definition) is 0. The third kappa shape index (κ3) is 2.84. The zero-order valence-corrected chi connectivity index (χ0v) is 13.3. The van der Waals surface area contributed by atoms with Gasteiger partial charge in [0.1, 0.15) is 11.6 Å². The normalized spacial score (nSPS) is 33.7. The smallest absolute Gasteiger partial charge is 0.166 e. The molecule has 1 saturated heterocycles. The molecule has 0 aromatic rings. The summed E-state index contributed by atoms with van der Waals surface area (Å²) in [7, 11) is 0. The Hall–Kier alpha value is -1.00. The van der Waals surface area contributed by atoms with Gasteiger partial charge in [0.2, 0.25) is 0 Å². The predicted octanol–water partition coefficient (Wildman–Crippen LogP) is 2.91. The van der Waals surface area contributed by atoms with Gasteiger partial charge in [0.05, 0.1) is 18.6 Å². The van der Waals surface area contributed by atoms with Crippen molar-refractivity contribution in [2.24, 2.45) is 16.7 Å². The van der Waals surface area contributed by atoms with Gasteiger partial charge in [-0.15, -0.1) is 6.58 Å². The minimum absolute atomic E-state index is 0.0128. The summed E-state index contributed by atoms with van der Waals surface area (Å²) in [6, 6.07) is 0. The second kappa shape index (κ2) is 6.01. The maximum atomic E-state index is 12.9. The number of ether oxygens (including phenoxy) is 2. The van der Waals surface area contributed by atoms with Gasteiger partial charge in [0.15, 0.2) is 6.29 Å². The monoisotopic (exact) mass is 294 g/mol. The Morgan fingerprint density at radius 1 is 1.48 bits per heavy atom. The van der Waals surface area contributed by atoms with Crippen LogP contribution in [0.5, 0.6) is 0 Å². The van der Waals surface area contributed by atoms with Gasteiger partial charge in [0.25, 0.3) is 0 Å². The van der Waals surface area contributed by atoms with E-state index >= 15 is 0 Å². The van der Waals surface area contributed by atoms with Gasteiger partial charge in [-0.1, -0.05) is 19.9 Å². The molecule has 118 valence electrons. The van der Waals surface area contributed by atoms with Crippen LogP contribution < -0.4 is 0 Å². The molecular formula is C17H26O4. The highest BCUT2D eigenvalue weighted by Gasteiger charge is 2.49. The Kier molecular flexibility index (Phi) is 4.69. The summed E-state index contributed by atoms with van der Waals surface area (Å²) in [4.78, 5) is 25.2. The molecule has 1 heterocycles. The predicted molar refractivity (Wildman–Crippen MR) is 79.7 cm³/mol. The zero-order valence-electron chi connectivity index (χ0n) is 13.3. The second-order valence-electron chi connectivity index (χ2n) is 6.80. The van der Waals surface area contributed by atoms with Crippen molar-refractivity contribution in [3.8, 4) is 0 Å². The molecule has 0 aromatic heterocycles. The fraction of sp³-hybridized carbons (Fsp3) is 0.765. The van der Waals surface area contributed by atoms with E-state index < -0.39 is 17.1 Å². The van der Waals surface area contributed by atoms with Gasteiger partial charge in [-0.05, 0) is 25.7 Å². The fourth-order valence-electron chi connectivity index (χ4n) is 3.34. The summed E-state index contributed by atoms with van der Waals surface area (Å²) in [5.74, 6) is 0.151. The van der Waals surface area contributed by atoms with Crippen LogP contribution in [0.2, 0.25) is 0 Å². The summed E-state index contributed by atoms with van der Waals surface area (Å²) < 4.78 is 11.1. The molecule has 2 fully saturated rings. The molecule has 0 aromatic carbocycles. The summed E-state index contributed by atoms with van der Waals surface area (Å²) in [5, 5.41) is 0. The molecule has 2 aliphatic rings. The molecular weight excluding hydrogens is 268 g/mol. The highest BCUT2D eigenvalue weighted by molar-refractivity contribution is 6.07. The molecule has 1 aliphatic carbocycles. The molecule has 1 saturated carbocycles. The number of ketones is 2. The van der Waals surface area contributed by atoms with Crippen molar-refractivity contribution in [2.45, 2.75) is 52.7 Å². The van der Waals surface area contributed by atoms with Gasteiger partial charge in [-0.2, -0.15) is 0 Å². The molecule has 21 heavy (non-hydrogen) atoms. The van der Waals surface area contributed by atoms with E-state index in [1.165, 1.54) is 0 Å². The molecule has 0 N–H and O–H groups in total. The molecule has 2 rings (SSSR count). The lowest BCUT2D eigenvalue weighted by atomic mass is 9.62. The fourth-order valence-corrected chi connectivity index (χ4v) is 3.34. The van der Waals surface area contributed by atoms with E-state index in [2.05, 4.69) is 6.58 Å². The number of carbonyl (C=O) groups is 2. The van der Waals surface area contributed by atoms with E-state index in [-0.39, 0.29) is 23.9 Å². The minimum Gasteiger partial charge on any atom is -0.349 e. The standard InChI is InChI=1S/C17H26O4/c1-5-16(3,15-20-9-10-21-15)11-14(19)17(4)12(2)7-6-8-13(17)18/h5,12,15H,1,6-11H2,2-4H3/t12-,16-,17-/m1/s1. The van der Waals surface area contributed by atoms with E-state index in [1.54, 1.807) is 13.0 Å². The summed E-state index contributed by atoms with van der Waals surface area (Å²) in [6.45, 7) is 10.6. The highest BCUT2D eigenvalue weighted by atomic mass is 16.7. The average molecular weight is 294 g/mol. The van der Waals surface area contributed by atoms with Crippen molar-refractivity contribution >= 4 is 11.6 Å². The first kappa shape index (κ1) is 16.4. The quantitative estimate of drug-likeness (QED) is 0.578. The molecule has 0 unspecified atom stereocenters. The van der Waals surface area contributed by atoms with E-state index in [0.29, 0.717) is 19.6 Å². The Morgan fingerprint density at radius 2 is 2.10 bits per heavy atom. The van der Waals surface area contributed by atoms with Crippen molar-refractivity contribution in [3.05, 3.63) is 12.7 Å². The summed E-state index contributed by atoms with van der Waals surface area (Å²) >= 11 is 0.